The van der Waals surface area contributed by atoms with E-state index in [1.54, 1.807) is 0 Å². The first-order valence-corrected chi connectivity index (χ1v) is 9.05. The highest BCUT2D eigenvalue weighted by Crippen LogP contribution is 2.26. The van der Waals surface area contributed by atoms with Crippen molar-refractivity contribution in [2.24, 2.45) is 11.8 Å². The number of aryl methyl sites for hydroxylation is 1. The number of hydrogen-bond donors (Lipinski definition) is 0. The Balaban J connectivity index is 2.89. The third kappa shape index (κ3) is 5.71. The van der Waals surface area contributed by atoms with Crippen LogP contribution in [-0.4, -0.2) is 31.2 Å². The minimum Gasteiger partial charge on any atom is -0.371 e. The van der Waals surface area contributed by atoms with Crippen molar-refractivity contribution in [1.82, 2.24) is 4.98 Å². The van der Waals surface area contributed by atoms with Gasteiger partial charge in [-0.15, -0.1) is 0 Å². The second-order valence-electron chi connectivity index (χ2n) is 8.01. The molecule has 2 unspecified atom stereocenters. The van der Waals surface area contributed by atoms with Gasteiger partial charge in [0, 0.05) is 26.2 Å². The monoisotopic (exact) mass is 319 g/mol. The van der Waals surface area contributed by atoms with E-state index in [1.807, 2.05) is 6.20 Å². The fourth-order valence-electron chi connectivity index (χ4n) is 3.26. The molecular formula is C20H37N3. The van der Waals surface area contributed by atoms with Gasteiger partial charge in [0.1, 0.15) is 5.82 Å². The first kappa shape index (κ1) is 19.8. The Morgan fingerprint density at radius 3 is 1.78 bits per heavy atom. The normalized spacial score (nSPS) is 14.2. The maximum atomic E-state index is 4.77. The minimum absolute atomic E-state index is 0.504. The minimum atomic E-state index is 0.504. The maximum Gasteiger partial charge on any atom is 0.131 e. The van der Waals surface area contributed by atoms with Crippen molar-refractivity contribution in [3.8, 4) is 0 Å². The van der Waals surface area contributed by atoms with E-state index in [9.17, 15) is 0 Å². The zero-order chi connectivity index (χ0) is 17.7. The summed E-state index contributed by atoms with van der Waals surface area (Å²) >= 11 is 0. The van der Waals surface area contributed by atoms with E-state index in [1.165, 1.54) is 24.1 Å². The summed E-state index contributed by atoms with van der Waals surface area (Å²) in [6, 6.07) is 3.31. The summed E-state index contributed by atoms with van der Waals surface area (Å²) in [7, 11) is 4.33. The summed E-state index contributed by atoms with van der Waals surface area (Å²) in [5, 5.41) is 0. The van der Waals surface area contributed by atoms with Gasteiger partial charge in [-0.25, -0.2) is 4.98 Å². The summed E-state index contributed by atoms with van der Waals surface area (Å²) < 4.78 is 0. The first-order valence-electron chi connectivity index (χ1n) is 9.05. The van der Waals surface area contributed by atoms with Gasteiger partial charge in [0.15, 0.2) is 0 Å². The smallest absolute Gasteiger partial charge is 0.131 e. The third-order valence-corrected chi connectivity index (χ3v) is 4.72. The Bertz CT molecular complexity index is 482. The van der Waals surface area contributed by atoms with Crippen LogP contribution in [0.1, 0.15) is 59.9 Å². The molecule has 0 N–H and O–H groups in total. The Hall–Kier alpha value is -1.25. The van der Waals surface area contributed by atoms with Crippen LogP contribution in [-0.2, 0) is 0 Å². The van der Waals surface area contributed by atoms with E-state index in [2.05, 4.69) is 78.4 Å². The molecule has 1 heterocycles. The van der Waals surface area contributed by atoms with Gasteiger partial charge in [0.25, 0.3) is 0 Å². The number of rotatable bonds is 8. The molecule has 1 rings (SSSR count). The van der Waals surface area contributed by atoms with Crippen molar-refractivity contribution in [2.45, 2.75) is 73.4 Å². The lowest BCUT2D eigenvalue weighted by molar-refractivity contribution is 0.500. The number of aromatic nitrogens is 1. The van der Waals surface area contributed by atoms with Crippen molar-refractivity contribution in [1.29, 1.82) is 0 Å². The molecule has 132 valence electrons. The summed E-state index contributed by atoms with van der Waals surface area (Å²) in [6.07, 6.45) is 4.41. The van der Waals surface area contributed by atoms with E-state index in [-0.39, 0.29) is 0 Å². The molecule has 0 amide bonds. The fourth-order valence-corrected chi connectivity index (χ4v) is 3.26. The molecule has 2 atom stereocenters. The summed E-state index contributed by atoms with van der Waals surface area (Å²) in [5.74, 6) is 2.52. The van der Waals surface area contributed by atoms with Gasteiger partial charge in [0.05, 0.1) is 11.9 Å². The maximum absolute atomic E-state index is 4.77. The van der Waals surface area contributed by atoms with Crippen molar-refractivity contribution in [2.75, 3.05) is 23.9 Å². The molecule has 0 bridgehead atoms. The second-order valence-corrected chi connectivity index (χ2v) is 8.01. The quantitative estimate of drug-likeness (QED) is 0.662. The van der Waals surface area contributed by atoms with Crippen LogP contribution in [0.2, 0.25) is 0 Å². The van der Waals surface area contributed by atoms with E-state index in [0.717, 1.165) is 5.82 Å². The second kappa shape index (κ2) is 8.56. The number of nitrogens with zero attached hydrogens (tertiary/aromatic N) is 3. The van der Waals surface area contributed by atoms with Gasteiger partial charge in [-0.2, -0.15) is 0 Å². The van der Waals surface area contributed by atoms with Crippen LogP contribution in [0, 0.1) is 18.8 Å². The predicted octanol–water partition coefficient (Wildman–Crippen LogP) is 5.13. The van der Waals surface area contributed by atoms with Crippen molar-refractivity contribution in [3.63, 3.8) is 0 Å². The van der Waals surface area contributed by atoms with Crippen LogP contribution in [0.3, 0.4) is 0 Å². The van der Waals surface area contributed by atoms with Gasteiger partial charge in [-0.05, 0) is 57.1 Å². The topological polar surface area (TPSA) is 19.4 Å². The zero-order valence-electron chi connectivity index (χ0n) is 16.7. The molecule has 0 saturated heterocycles. The molecule has 1 aromatic heterocycles. The van der Waals surface area contributed by atoms with E-state index < -0.39 is 0 Å². The average molecular weight is 320 g/mol. The van der Waals surface area contributed by atoms with Gasteiger partial charge in [-0.1, -0.05) is 27.7 Å². The van der Waals surface area contributed by atoms with Crippen LogP contribution < -0.4 is 9.80 Å². The van der Waals surface area contributed by atoms with Gasteiger partial charge in [-0.3, -0.25) is 0 Å². The fraction of sp³-hybridized carbons (Fsp3) is 0.750. The molecule has 0 radical (unpaired) electrons. The Kier molecular flexibility index (Phi) is 7.37. The van der Waals surface area contributed by atoms with Gasteiger partial charge < -0.3 is 9.80 Å². The lowest BCUT2D eigenvalue weighted by atomic mass is 10.0. The van der Waals surface area contributed by atoms with Gasteiger partial charge >= 0.3 is 0 Å². The third-order valence-electron chi connectivity index (χ3n) is 4.72. The molecule has 3 heteroatoms. The molecule has 0 aromatic carbocycles. The Morgan fingerprint density at radius 1 is 0.870 bits per heavy atom. The Labute approximate surface area is 144 Å². The zero-order valence-corrected chi connectivity index (χ0v) is 16.7. The van der Waals surface area contributed by atoms with E-state index in [0.29, 0.717) is 23.9 Å². The van der Waals surface area contributed by atoms with Crippen LogP contribution in [0.4, 0.5) is 11.5 Å². The summed E-state index contributed by atoms with van der Waals surface area (Å²) in [6.45, 7) is 15.9. The highest BCUT2D eigenvalue weighted by molar-refractivity contribution is 5.56. The van der Waals surface area contributed by atoms with Crippen LogP contribution >= 0.6 is 0 Å². The van der Waals surface area contributed by atoms with E-state index >= 15 is 0 Å². The van der Waals surface area contributed by atoms with Crippen molar-refractivity contribution in [3.05, 3.63) is 17.8 Å². The lowest BCUT2D eigenvalue weighted by Gasteiger charge is -2.31. The summed E-state index contributed by atoms with van der Waals surface area (Å²) in [4.78, 5) is 9.44. The predicted molar refractivity (Wildman–Crippen MR) is 104 cm³/mol. The SMILES string of the molecule is Cc1cc(N(C)C(C)CC(C)C)cnc1N(C)C(C)CC(C)C. The first-order chi connectivity index (χ1) is 10.6. The standard InChI is InChI=1S/C20H37N3/c1-14(2)10-17(6)22(8)19-12-16(5)20(21-13-19)23(9)18(7)11-15(3)4/h12-15,17-18H,10-11H2,1-9H3. The van der Waals surface area contributed by atoms with Gasteiger partial charge in [0.2, 0.25) is 0 Å². The number of anilines is 2. The largest absolute Gasteiger partial charge is 0.371 e. The highest BCUT2D eigenvalue weighted by Gasteiger charge is 2.17. The average Bonchev–Trinajstić information content (AvgIpc) is 2.44. The highest BCUT2D eigenvalue weighted by atomic mass is 15.2. The number of pyridine rings is 1. The molecule has 23 heavy (non-hydrogen) atoms. The molecule has 0 spiro atoms. The molecular weight excluding hydrogens is 282 g/mol. The molecule has 0 aliphatic carbocycles. The molecule has 0 aliphatic heterocycles. The molecule has 1 aromatic rings. The molecule has 0 aliphatic rings. The van der Waals surface area contributed by atoms with Crippen LogP contribution in [0.25, 0.3) is 0 Å². The van der Waals surface area contributed by atoms with Crippen LogP contribution in [0.5, 0.6) is 0 Å². The lowest BCUT2D eigenvalue weighted by Crippen LogP contribution is -2.32. The van der Waals surface area contributed by atoms with Crippen LogP contribution in [0.15, 0.2) is 12.3 Å². The molecule has 0 saturated carbocycles. The van der Waals surface area contributed by atoms with Crippen molar-refractivity contribution >= 4 is 11.5 Å². The van der Waals surface area contributed by atoms with E-state index in [4.69, 9.17) is 4.98 Å². The molecule has 3 nitrogen and oxygen atoms in total. The Morgan fingerprint density at radius 2 is 1.35 bits per heavy atom. The number of hydrogen-bond acceptors (Lipinski definition) is 3. The molecule has 0 fully saturated rings. The summed E-state index contributed by atoms with van der Waals surface area (Å²) in [5.41, 5.74) is 2.47. The van der Waals surface area contributed by atoms with Crippen molar-refractivity contribution < 1.29 is 0 Å².